The summed E-state index contributed by atoms with van der Waals surface area (Å²) in [5, 5.41) is 8.97. The zero-order valence-electron chi connectivity index (χ0n) is 23.2. The van der Waals surface area contributed by atoms with Gasteiger partial charge in [0.1, 0.15) is 18.5 Å². The standard InChI is InChI=1S/C30H28F4N2O6S/c1-14-19(3-4-27(36-14)42-17-8-18(9-17)43(2,39)40)22-7-16(26(31)11-25(22)30(32,33)34)13-41-28-10-20-15-5-21(24(20)12-35-28)23(6-15)29(37)38/h3-4,7,10-12,15,17-18,21,23H,5-6,8-9,13H2,1-2H3,(H,37,38)/t15?,17?,18?,21-,23-/m0/s1. The van der Waals surface area contributed by atoms with Crippen LogP contribution in [0.2, 0.25) is 0 Å². The van der Waals surface area contributed by atoms with Crippen molar-refractivity contribution < 1.29 is 45.4 Å². The van der Waals surface area contributed by atoms with Crippen molar-refractivity contribution >= 4 is 15.8 Å². The number of benzene rings is 1. The lowest BCUT2D eigenvalue weighted by Crippen LogP contribution is -2.42. The van der Waals surface area contributed by atoms with Gasteiger partial charge in [-0.3, -0.25) is 4.79 Å². The number of aryl methyl sites for hydroxylation is 1. The Hall–Kier alpha value is -3.74. The molecular weight excluding hydrogens is 592 g/mol. The molecule has 3 aliphatic rings. The predicted octanol–water partition coefficient (Wildman–Crippen LogP) is 5.82. The minimum Gasteiger partial charge on any atom is -0.481 e. The van der Waals surface area contributed by atoms with E-state index in [0.717, 1.165) is 23.4 Å². The van der Waals surface area contributed by atoms with Crippen LogP contribution in [0.15, 0.2) is 36.5 Å². The molecular formula is C30H28F4N2O6S. The van der Waals surface area contributed by atoms with Gasteiger partial charge in [-0.15, -0.1) is 0 Å². The molecule has 2 saturated carbocycles. The fourth-order valence-electron chi connectivity index (χ4n) is 6.47. The highest BCUT2D eigenvalue weighted by molar-refractivity contribution is 7.91. The number of halogens is 4. The molecule has 3 atom stereocenters. The quantitative estimate of drug-likeness (QED) is 0.314. The molecule has 2 aromatic heterocycles. The SMILES string of the molecule is Cc1nc(OC2CC(S(C)(=O)=O)C2)ccc1-c1cc(COc2cc3c(cn2)[C@H]2CC3C[C@@H]2C(=O)O)c(F)cc1C(F)(F)F. The molecule has 1 unspecified atom stereocenters. The van der Waals surface area contributed by atoms with Crippen LogP contribution < -0.4 is 9.47 Å². The number of aromatic nitrogens is 2. The second-order valence-electron chi connectivity index (χ2n) is 11.6. The molecule has 8 nitrogen and oxygen atoms in total. The van der Waals surface area contributed by atoms with E-state index in [-0.39, 0.29) is 58.7 Å². The summed E-state index contributed by atoms with van der Waals surface area (Å²) >= 11 is 0. The maximum atomic E-state index is 15.0. The van der Waals surface area contributed by atoms with Gasteiger partial charge in [0, 0.05) is 54.2 Å². The number of hydrogen-bond acceptors (Lipinski definition) is 7. The summed E-state index contributed by atoms with van der Waals surface area (Å²) in [7, 11) is -3.17. The number of rotatable bonds is 8. The van der Waals surface area contributed by atoms with E-state index in [9.17, 15) is 35.9 Å². The molecule has 0 aliphatic heterocycles. The molecule has 2 bridgehead atoms. The smallest absolute Gasteiger partial charge is 0.417 e. The molecule has 0 spiro atoms. The van der Waals surface area contributed by atoms with Crippen LogP contribution in [0.25, 0.3) is 11.1 Å². The molecule has 1 aromatic carbocycles. The molecule has 2 fully saturated rings. The molecule has 0 amide bonds. The number of hydrogen-bond donors (Lipinski definition) is 1. The highest BCUT2D eigenvalue weighted by Gasteiger charge is 2.47. The van der Waals surface area contributed by atoms with E-state index >= 15 is 0 Å². The van der Waals surface area contributed by atoms with Gasteiger partial charge in [-0.05, 0) is 66.5 Å². The molecule has 1 N–H and O–H groups in total. The average Bonchev–Trinajstić information content (AvgIpc) is 3.49. The summed E-state index contributed by atoms with van der Waals surface area (Å²) in [4.78, 5) is 20.1. The summed E-state index contributed by atoms with van der Waals surface area (Å²) in [6, 6.07) is 6.07. The van der Waals surface area contributed by atoms with E-state index in [2.05, 4.69) is 9.97 Å². The molecule has 228 valence electrons. The highest BCUT2D eigenvalue weighted by Crippen LogP contribution is 2.56. The van der Waals surface area contributed by atoms with Gasteiger partial charge in [0.15, 0.2) is 9.84 Å². The van der Waals surface area contributed by atoms with Gasteiger partial charge in [-0.2, -0.15) is 13.2 Å². The van der Waals surface area contributed by atoms with Gasteiger partial charge < -0.3 is 14.6 Å². The maximum Gasteiger partial charge on any atom is 0.417 e. The number of alkyl halides is 3. The van der Waals surface area contributed by atoms with Crippen LogP contribution in [0.5, 0.6) is 11.8 Å². The van der Waals surface area contributed by atoms with Crippen LogP contribution in [0.1, 0.15) is 65.5 Å². The minimum atomic E-state index is -4.85. The second-order valence-corrected chi connectivity index (χ2v) is 13.9. The third-order valence-electron chi connectivity index (χ3n) is 8.82. The minimum absolute atomic E-state index is 0.0636. The van der Waals surface area contributed by atoms with Crippen molar-refractivity contribution in [2.45, 2.75) is 68.6 Å². The molecule has 6 rings (SSSR count). The molecule has 2 heterocycles. The molecule has 3 aliphatic carbocycles. The molecule has 43 heavy (non-hydrogen) atoms. The third kappa shape index (κ3) is 5.54. The zero-order valence-corrected chi connectivity index (χ0v) is 24.0. The number of carbonyl (C=O) groups is 1. The normalized spacial score (nSPS) is 24.4. The van der Waals surface area contributed by atoms with Crippen molar-refractivity contribution in [2.24, 2.45) is 5.92 Å². The number of sulfone groups is 1. The second kappa shape index (κ2) is 10.5. The van der Waals surface area contributed by atoms with Crippen molar-refractivity contribution in [3.63, 3.8) is 0 Å². The molecule has 0 radical (unpaired) electrons. The Morgan fingerprint density at radius 3 is 2.44 bits per heavy atom. The van der Waals surface area contributed by atoms with Gasteiger partial charge in [-0.25, -0.2) is 22.8 Å². The Kier molecular flexibility index (Phi) is 7.14. The monoisotopic (exact) mass is 620 g/mol. The number of carboxylic acid groups (broad SMARTS) is 1. The number of fused-ring (bicyclic) bond motifs is 5. The fourth-order valence-corrected chi connectivity index (χ4v) is 7.60. The van der Waals surface area contributed by atoms with Crippen molar-refractivity contribution in [1.29, 1.82) is 0 Å². The van der Waals surface area contributed by atoms with Crippen molar-refractivity contribution in [3.8, 4) is 22.9 Å². The van der Waals surface area contributed by atoms with Gasteiger partial charge in [0.05, 0.1) is 16.7 Å². The Morgan fingerprint density at radius 1 is 1.05 bits per heavy atom. The average molecular weight is 621 g/mol. The number of pyridine rings is 2. The molecule has 13 heteroatoms. The predicted molar refractivity (Wildman–Crippen MR) is 146 cm³/mol. The van der Waals surface area contributed by atoms with Crippen LogP contribution in [0.4, 0.5) is 17.6 Å². The van der Waals surface area contributed by atoms with E-state index in [1.54, 1.807) is 12.3 Å². The lowest BCUT2D eigenvalue weighted by atomic mass is 9.85. The lowest BCUT2D eigenvalue weighted by molar-refractivity contribution is -0.142. The zero-order chi connectivity index (χ0) is 30.8. The topological polar surface area (TPSA) is 116 Å². The summed E-state index contributed by atoms with van der Waals surface area (Å²) in [5.74, 6) is -2.09. The van der Waals surface area contributed by atoms with E-state index in [1.807, 2.05) is 0 Å². The number of aliphatic carboxylic acids is 1. The van der Waals surface area contributed by atoms with Crippen LogP contribution in [-0.4, -0.2) is 47.1 Å². The summed E-state index contributed by atoms with van der Waals surface area (Å²) in [6.45, 7) is 1.13. The Bertz CT molecular complexity index is 1720. The van der Waals surface area contributed by atoms with Crippen molar-refractivity contribution in [1.82, 2.24) is 9.97 Å². The number of ether oxygens (including phenoxy) is 2. The first-order valence-corrected chi connectivity index (χ1v) is 15.7. The van der Waals surface area contributed by atoms with E-state index in [1.165, 1.54) is 19.1 Å². The number of nitrogens with zero attached hydrogens (tertiary/aromatic N) is 2. The highest BCUT2D eigenvalue weighted by atomic mass is 32.2. The van der Waals surface area contributed by atoms with Crippen LogP contribution in [0.3, 0.4) is 0 Å². The largest absolute Gasteiger partial charge is 0.481 e. The van der Waals surface area contributed by atoms with Crippen molar-refractivity contribution in [2.75, 3.05) is 6.26 Å². The van der Waals surface area contributed by atoms with Gasteiger partial charge in [0.2, 0.25) is 11.8 Å². The van der Waals surface area contributed by atoms with E-state index < -0.39 is 44.5 Å². The molecule has 0 saturated heterocycles. The molecule has 3 aromatic rings. The van der Waals surface area contributed by atoms with Gasteiger partial charge in [0.25, 0.3) is 0 Å². The first-order chi connectivity index (χ1) is 20.2. The number of carboxylic acids is 1. The first kappa shape index (κ1) is 29.3. The Balaban J connectivity index is 1.22. The van der Waals surface area contributed by atoms with E-state index in [0.29, 0.717) is 31.7 Å². The summed E-state index contributed by atoms with van der Waals surface area (Å²) in [5.41, 5.74) is 0.601. The summed E-state index contributed by atoms with van der Waals surface area (Å²) in [6.07, 6.45) is -0.622. The lowest BCUT2D eigenvalue weighted by Gasteiger charge is -2.33. The van der Waals surface area contributed by atoms with Gasteiger partial charge >= 0.3 is 12.1 Å². The first-order valence-electron chi connectivity index (χ1n) is 13.8. The Morgan fingerprint density at radius 2 is 1.79 bits per heavy atom. The van der Waals surface area contributed by atoms with E-state index in [4.69, 9.17) is 9.47 Å². The third-order valence-corrected chi connectivity index (χ3v) is 10.4. The summed E-state index contributed by atoms with van der Waals surface area (Å²) < 4.78 is 91.7. The van der Waals surface area contributed by atoms with Gasteiger partial charge in [-0.1, -0.05) is 0 Å². The maximum absolute atomic E-state index is 15.0. The Labute approximate surface area is 245 Å². The van der Waals surface area contributed by atoms with Crippen molar-refractivity contribution in [3.05, 3.63) is 70.3 Å². The fraction of sp³-hybridized carbons (Fsp3) is 0.433. The van der Waals surface area contributed by atoms with Crippen LogP contribution in [-0.2, 0) is 27.4 Å². The van der Waals surface area contributed by atoms with Crippen LogP contribution in [0, 0.1) is 18.7 Å². The van der Waals surface area contributed by atoms with Crippen LogP contribution >= 0.6 is 0 Å².